The fraction of sp³-hybridized carbons (Fsp3) is 0.667. The van der Waals surface area contributed by atoms with Crippen molar-refractivity contribution in [2.75, 3.05) is 24.5 Å². The number of halogens is 1. The summed E-state index contributed by atoms with van der Waals surface area (Å²) in [7, 11) is 0. The van der Waals surface area contributed by atoms with Gasteiger partial charge in [-0.1, -0.05) is 44.9 Å². The molecule has 0 spiro atoms. The van der Waals surface area contributed by atoms with Crippen molar-refractivity contribution in [3.8, 4) is 0 Å². The van der Waals surface area contributed by atoms with E-state index < -0.39 is 0 Å². The molecule has 2 nitrogen and oxygen atoms in total. The molecule has 0 aromatic heterocycles. The summed E-state index contributed by atoms with van der Waals surface area (Å²) in [6, 6.07) is 6.32. The van der Waals surface area contributed by atoms with Gasteiger partial charge in [-0.15, -0.1) is 0 Å². The second kappa shape index (κ2) is 7.51. The van der Waals surface area contributed by atoms with Crippen molar-refractivity contribution in [2.45, 2.75) is 53.0 Å². The maximum absolute atomic E-state index is 6.23. The van der Waals surface area contributed by atoms with Gasteiger partial charge >= 0.3 is 0 Å². The standard InChI is InChI=1S/C18H29ClN2/c1-4-10-20-14-15-6-7-16(19)13-17(15)21-11-8-18(3,5-2)9-12-21/h6-7,13,20H,4-5,8-12,14H2,1-3H3. The summed E-state index contributed by atoms with van der Waals surface area (Å²) in [6.07, 6.45) is 5.00. The van der Waals surface area contributed by atoms with Gasteiger partial charge in [-0.2, -0.15) is 0 Å². The summed E-state index contributed by atoms with van der Waals surface area (Å²) in [5, 5.41) is 4.35. The molecular formula is C18H29ClN2. The van der Waals surface area contributed by atoms with Crippen LogP contribution in [0.25, 0.3) is 0 Å². The van der Waals surface area contributed by atoms with Gasteiger partial charge < -0.3 is 10.2 Å². The van der Waals surface area contributed by atoms with E-state index in [-0.39, 0.29) is 0 Å². The Morgan fingerprint density at radius 3 is 2.57 bits per heavy atom. The van der Waals surface area contributed by atoms with Crippen LogP contribution in [0.4, 0.5) is 5.69 Å². The quantitative estimate of drug-likeness (QED) is 0.755. The third kappa shape index (κ3) is 4.37. The summed E-state index contributed by atoms with van der Waals surface area (Å²) in [4.78, 5) is 2.52. The van der Waals surface area contributed by atoms with Crippen LogP contribution in [0.5, 0.6) is 0 Å². The number of hydrogen-bond donors (Lipinski definition) is 1. The molecule has 1 aromatic carbocycles. The average molecular weight is 309 g/mol. The zero-order valence-electron chi connectivity index (χ0n) is 13.7. The normalized spacial score (nSPS) is 18.0. The monoisotopic (exact) mass is 308 g/mol. The number of benzene rings is 1. The Hall–Kier alpha value is -0.730. The minimum Gasteiger partial charge on any atom is -0.371 e. The van der Waals surface area contributed by atoms with Crippen molar-refractivity contribution < 1.29 is 0 Å². The number of hydrogen-bond acceptors (Lipinski definition) is 2. The minimum absolute atomic E-state index is 0.524. The van der Waals surface area contributed by atoms with Crippen LogP contribution >= 0.6 is 11.6 Å². The zero-order chi connectivity index (χ0) is 15.3. The fourth-order valence-corrected chi connectivity index (χ4v) is 3.19. The van der Waals surface area contributed by atoms with E-state index in [9.17, 15) is 0 Å². The van der Waals surface area contributed by atoms with Gasteiger partial charge in [0.25, 0.3) is 0 Å². The number of anilines is 1. The maximum Gasteiger partial charge on any atom is 0.0426 e. The predicted octanol–water partition coefficient (Wildman–Crippen LogP) is 4.86. The van der Waals surface area contributed by atoms with Crippen LogP contribution in [0.15, 0.2) is 18.2 Å². The first-order valence-electron chi connectivity index (χ1n) is 8.32. The second-order valence-corrected chi connectivity index (χ2v) is 7.04. The summed E-state index contributed by atoms with van der Waals surface area (Å²) in [6.45, 7) is 11.2. The molecule has 21 heavy (non-hydrogen) atoms. The van der Waals surface area contributed by atoms with Crippen molar-refractivity contribution in [3.05, 3.63) is 28.8 Å². The molecule has 1 aromatic rings. The smallest absolute Gasteiger partial charge is 0.0426 e. The van der Waals surface area contributed by atoms with Gasteiger partial charge in [-0.05, 0) is 48.9 Å². The van der Waals surface area contributed by atoms with Crippen LogP contribution in [0, 0.1) is 5.41 Å². The first-order chi connectivity index (χ1) is 10.1. The van der Waals surface area contributed by atoms with Crippen molar-refractivity contribution >= 4 is 17.3 Å². The van der Waals surface area contributed by atoms with Gasteiger partial charge in [-0.25, -0.2) is 0 Å². The first-order valence-corrected chi connectivity index (χ1v) is 8.70. The van der Waals surface area contributed by atoms with E-state index in [4.69, 9.17) is 11.6 Å². The van der Waals surface area contributed by atoms with Gasteiger partial charge in [-0.3, -0.25) is 0 Å². The maximum atomic E-state index is 6.23. The molecule has 0 bridgehead atoms. The van der Waals surface area contributed by atoms with E-state index in [2.05, 4.69) is 43.1 Å². The Balaban J connectivity index is 2.09. The van der Waals surface area contributed by atoms with Crippen molar-refractivity contribution in [1.29, 1.82) is 0 Å². The van der Waals surface area contributed by atoms with Gasteiger partial charge in [0.2, 0.25) is 0 Å². The Labute approximate surface area is 134 Å². The van der Waals surface area contributed by atoms with Gasteiger partial charge in [0.05, 0.1) is 0 Å². The molecule has 0 saturated carbocycles. The molecule has 1 heterocycles. The summed E-state index contributed by atoms with van der Waals surface area (Å²) >= 11 is 6.23. The highest BCUT2D eigenvalue weighted by molar-refractivity contribution is 6.30. The van der Waals surface area contributed by atoms with Gasteiger partial charge in [0.15, 0.2) is 0 Å². The molecule has 0 atom stereocenters. The minimum atomic E-state index is 0.524. The molecule has 2 rings (SSSR count). The van der Waals surface area contributed by atoms with Crippen LogP contribution in [0.1, 0.15) is 52.0 Å². The van der Waals surface area contributed by atoms with E-state index in [1.807, 2.05) is 6.07 Å². The summed E-state index contributed by atoms with van der Waals surface area (Å²) < 4.78 is 0. The van der Waals surface area contributed by atoms with Crippen LogP contribution < -0.4 is 10.2 Å². The Morgan fingerprint density at radius 2 is 1.95 bits per heavy atom. The Kier molecular flexibility index (Phi) is 5.95. The molecule has 0 radical (unpaired) electrons. The molecule has 118 valence electrons. The van der Waals surface area contributed by atoms with E-state index in [1.165, 1.54) is 36.9 Å². The van der Waals surface area contributed by atoms with Crippen LogP contribution in [0.2, 0.25) is 5.02 Å². The van der Waals surface area contributed by atoms with E-state index >= 15 is 0 Å². The number of nitrogens with one attached hydrogen (secondary N) is 1. The molecule has 1 aliphatic rings. The largest absolute Gasteiger partial charge is 0.371 e. The third-order valence-corrected chi connectivity index (χ3v) is 5.19. The predicted molar refractivity (Wildman–Crippen MR) is 93.3 cm³/mol. The molecule has 1 saturated heterocycles. The topological polar surface area (TPSA) is 15.3 Å². The Bertz CT molecular complexity index is 451. The number of piperidine rings is 1. The SMILES string of the molecule is CCCNCc1ccc(Cl)cc1N1CCC(C)(CC)CC1. The molecule has 1 N–H and O–H groups in total. The van der Waals surface area contributed by atoms with E-state index in [0.29, 0.717) is 5.41 Å². The Morgan fingerprint density at radius 1 is 1.24 bits per heavy atom. The molecule has 0 aliphatic carbocycles. The molecule has 1 aliphatic heterocycles. The second-order valence-electron chi connectivity index (χ2n) is 6.60. The summed E-state index contributed by atoms with van der Waals surface area (Å²) in [5.41, 5.74) is 3.22. The molecule has 1 fully saturated rings. The highest BCUT2D eigenvalue weighted by atomic mass is 35.5. The lowest BCUT2D eigenvalue weighted by molar-refractivity contribution is 0.238. The summed E-state index contributed by atoms with van der Waals surface area (Å²) in [5.74, 6) is 0. The lowest BCUT2D eigenvalue weighted by Gasteiger charge is -2.40. The van der Waals surface area contributed by atoms with Crippen LogP contribution in [-0.4, -0.2) is 19.6 Å². The van der Waals surface area contributed by atoms with Crippen molar-refractivity contribution in [3.63, 3.8) is 0 Å². The van der Waals surface area contributed by atoms with E-state index in [1.54, 1.807) is 0 Å². The molecule has 0 unspecified atom stereocenters. The first kappa shape index (κ1) is 16.6. The number of rotatable bonds is 6. The van der Waals surface area contributed by atoms with Crippen LogP contribution in [0.3, 0.4) is 0 Å². The lowest BCUT2D eigenvalue weighted by atomic mass is 9.78. The third-order valence-electron chi connectivity index (χ3n) is 4.95. The van der Waals surface area contributed by atoms with Gasteiger partial charge in [0, 0.05) is 30.3 Å². The van der Waals surface area contributed by atoms with E-state index in [0.717, 1.165) is 31.2 Å². The highest BCUT2D eigenvalue weighted by Crippen LogP contribution is 2.37. The van der Waals surface area contributed by atoms with Crippen molar-refractivity contribution in [1.82, 2.24) is 5.32 Å². The van der Waals surface area contributed by atoms with Gasteiger partial charge in [0.1, 0.15) is 0 Å². The molecule has 0 amide bonds. The molecule has 3 heteroatoms. The fourth-order valence-electron chi connectivity index (χ4n) is 3.02. The lowest BCUT2D eigenvalue weighted by Crippen LogP contribution is -2.39. The highest BCUT2D eigenvalue weighted by Gasteiger charge is 2.29. The van der Waals surface area contributed by atoms with Crippen molar-refractivity contribution in [2.24, 2.45) is 5.41 Å². The molecular weight excluding hydrogens is 280 g/mol. The number of nitrogens with zero attached hydrogens (tertiary/aromatic N) is 1. The zero-order valence-corrected chi connectivity index (χ0v) is 14.5. The average Bonchev–Trinajstić information content (AvgIpc) is 2.50. The van der Waals surface area contributed by atoms with Crippen LogP contribution in [-0.2, 0) is 6.54 Å².